The predicted molar refractivity (Wildman–Crippen MR) is 71.0 cm³/mol. The quantitative estimate of drug-likeness (QED) is 0.676. The number of benzene rings is 1. The number of aromatic amines is 1. The first-order chi connectivity index (χ1) is 8.74. The van der Waals surface area contributed by atoms with E-state index in [2.05, 4.69) is 16.8 Å². The van der Waals surface area contributed by atoms with Crippen LogP contribution in [0.15, 0.2) is 18.2 Å². The number of carbonyl (C=O) groups is 1. The van der Waals surface area contributed by atoms with E-state index < -0.39 is 5.91 Å². The molecule has 0 fully saturated rings. The van der Waals surface area contributed by atoms with Gasteiger partial charge in [-0.05, 0) is 55.4 Å². The lowest BCUT2D eigenvalue weighted by molar-refractivity contribution is -0.112. The summed E-state index contributed by atoms with van der Waals surface area (Å²) in [6, 6.07) is 5.99. The van der Waals surface area contributed by atoms with Crippen LogP contribution in [0.2, 0.25) is 0 Å². The standard InChI is InChI=1S/C15H14N2O/c16-15(18)8-6-10-5-7-14-12(9-10)11-3-1-2-4-13(11)17-14/h5,7,9,17H,1-4H2,(H2,16,18). The molecule has 0 saturated carbocycles. The molecular weight excluding hydrogens is 224 g/mol. The third-order valence-electron chi connectivity index (χ3n) is 3.43. The number of hydrogen-bond acceptors (Lipinski definition) is 1. The van der Waals surface area contributed by atoms with Gasteiger partial charge in [0.15, 0.2) is 0 Å². The molecule has 1 aromatic heterocycles. The zero-order valence-corrected chi connectivity index (χ0v) is 10.0. The van der Waals surface area contributed by atoms with Gasteiger partial charge < -0.3 is 10.7 Å². The Morgan fingerprint density at radius 3 is 2.94 bits per heavy atom. The predicted octanol–water partition coefficient (Wildman–Crippen LogP) is 1.88. The number of fused-ring (bicyclic) bond motifs is 3. The van der Waals surface area contributed by atoms with Crippen molar-refractivity contribution in [2.75, 3.05) is 0 Å². The van der Waals surface area contributed by atoms with Gasteiger partial charge in [0.2, 0.25) is 0 Å². The monoisotopic (exact) mass is 238 g/mol. The van der Waals surface area contributed by atoms with Crippen LogP contribution in [0.3, 0.4) is 0 Å². The Labute approximate surface area is 105 Å². The van der Waals surface area contributed by atoms with Gasteiger partial charge in [-0.2, -0.15) is 0 Å². The number of amides is 1. The maximum absolute atomic E-state index is 10.7. The highest BCUT2D eigenvalue weighted by Crippen LogP contribution is 2.29. The van der Waals surface area contributed by atoms with Gasteiger partial charge >= 0.3 is 0 Å². The van der Waals surface area contributed by atoms with Crippen molar-refractivity contribution in [1.82, 2.24) is 4.98 Å². The van der Waals surface area contributed by atoms with Crippen molar-refractivity contribution >= 4 is 16.8 Å². The van der Waals surface area contributed by atoms with Gasteiger partial charge in [-0.25, -0.2) is 0 Å². The molecule has 1 amide bonds. The smallest absolute Gasteiger partial charge is 0.293 e. The molecular formula is C15H14N2O. The van der Waals surface area contributed by atoms with Gasteiger partial charge in [0.05, 0.1) is 0 Å². The highest BCUT2D eigenvalue weighted by molar-refractivity contribution is 5.93. The number of H-pyrrole nitrogens is 1. The van der Waals surface area contributed by atoms with E-state index in [0.717, 1.165) is 23.9 Å². The molecule has 0 aliphatic heterocycles. The van der Waals surface area contributed by atoms with Crippen LogP contribution in [0, 0.1) is 11.8 Å². The lowest BCUT2D eigenvalue weighted by Gasteiger charge is -2.10. The summed E-state index contributed by atoms with van der Waals surface area (Å²) in [6.45, 7) is 0. The topological polar surface area (TPSA) is 58.9 Å². The number of primary amides is 1. The van der Waals surface area contributed by atoms with Crippen LogP contribution in [0.4, 0.5) is 0 Å². The van der Waals surface area contributed by atoms with Crippen LogP contribution in [0.5, 0.6) is 0 Å². The number of nitrogens with one attached hydrogen (secondary N) is 1. The largest absolute Gasteiger partial charge is 0.359 e. The highest BCUT2D eigenvalue weighted by atomic mass is 16.1. The molecule has 1 aliphatic rings. The van der Waals surface area contributed by atoms with E-state index >= 15 is 0 Å². The number of aryl methyl sites for hydroxylation is 2. The van der Waals surface area contributed by atoms with Gasteiger partial charge in [0.1, 0.15) is 0 Å². The van der Waals surface area contributed by atoms with E-state index in [1.165, 1.54) is 29.5 Å². The molecule has 0 bridgehead atoms. The summed E-state index contributed by atoms with van der Waals surface area (Å²) in [4.78, 5) is 14.1. The SMILES string of the molecule is NC(=O)C#Cc1ccc2[nH]c3c(c2c1)CCCC3. The molecule has 3 heteroatoms. The second-order valence-corrected chi connectivity index (χ2v) is 4.66. The minimum atomic E-state index is -0.591. The van der Waals surface area contributed by atoms with Crippen LogP contribution in [-0.4, -0.2) is 10.9 Å². The Morgan fingerprint density at radius 2 is 2.11 bits per heavy atom. The fraction of sp³-hybridized carbons (Fsp3) is 0.267. The molecule has 0 saturated heterocycles. The first-order valence-electron chi connectivity index (χ1n) is 6.19. The van der Waals surface area contributed by atoms with Crippen molar-refractivity contribution in [2.45, 2.75) is 25.7 Å². The van der Waals surface area contributed by atoms with Crippen LogP contribution < -0.4 is 5.73 Å². The van der Waals surface area contributed by atoms with Crippen LogP contribution in [0.1, 0.15) is 29.7 Å². The Morgan fingerprint density at radius 1 is 1.28 bits per heavy atom. The lowest BCUT2D eigenvalue weighted by atomic mass is 9.95. The molecule has 1 aromatic carbocycles. The maximum Gasteiger partial charge on any atom is 0.293 e. The van der Waals surface area contributed by atoms with Gasteiger partial charge in [-0.1, -0.05) is 5.92 Å². The molecule has 0 spiro atoms. The van der Waals surface area contributed by atoms with Crippen LogP contribution in [-0.2, 0) is 17.6 Å². The first-order valence-corrected chi connectivity index (χ1v) is 6.19. The average molecular weight is 238 g/mol. The fourth-order valence-corrected chi connectivity index (χ4v) is 2.62. The third kappa shape index (κ3) is 1.86. The number of nitrogens with two attached hydrogens (primary N) is 1. The van der Waals surface area contributed by atoms with Crippen LogP contribution >= 0.6 is 0 Å². The first kappa shape index (κ1) is 10.9. The number of hydrogen-bond donors (Lipinski definition) is 2. The Bertz CT molecular complexity index is 686. The molecule has 3 rings (SSSR count). The van der Waals surface area contributed by atoms with Crippen molar-refractivity contribution in [1.29, 1.82) is 0 Å². The average Bonchev–Trinajstić information content (AvgIpc) is 2.74. The molecule has 2 aromatic rings. The third-order valence-corrected chi connectivity index (χ3v) is 3.43. The van der Waals surface area contributed by atoms with E-state index in [1.54, 1.807) is 0 Å². The van der Waals surface area contributed by atoms with Crippen molar-refractivity contribution in [3.8, 4) is 11.8 Å². The van der Waals surface area contributed by atoms with Crippen molar-refractivity contribution in [2.24, 2.45) is 5.73 Å². The van der Waals surface area contributed by atoms with Crippen molar-refractivity contribution in [3.05, 3.63) is 35.0 Å². The molecule has 3 N–H and O–H groups in total. The summed E-state index contributed by atoms with van der Waals surface area (Å²) in [5.41, 5.74) is 9.80. The van der Waals surface area contributed by atoms with Crippen molar-refractivity contribution in [3.63, 3.8) is 0 Å². The molecule has 0 radical (unpaired) electrons. The van der Waals surface area contributed by atoms with E-state index in [0.29, 0.717) is 0 Å². The summed E-state index contributed by atoms with van der Waals surface area (Å²) in [5, 5.41) is 1.24. The second-order valence-electron chi connectivity index (χ2n) is 4.66. The van der Waals surface area contributed by atoms with Crippen molar-refractivity contribution < 1.29 is 4.79 Å². The van der Waals surface area contributed by atoms with Crippen LogP contribution in [0.25, 0.3) is 10.9 Å². The Balaban J connectivity index is 2.11. The van der Waals surface area contributed by atoms with Gasteiger partial charge in [0, 0.05) is 22.2 Å². The molecule has 1 aliphatic carbocycles. The molecule has 3 nitrogen and oxygen atoms in total. The maximum atomic E-state index is 10.7. The van der Waals surface area contributed by atoms with Gasteiger partial charge in [-0.3, -0.25) is 4.79 Å². The summed E-state index contributed by atoms with van der Waals surface area (Å²) in [5.74, 6) is 4.58. The molecule has 1 heterocycles. The molecule has 18 heavy (non-hydrogen) atoms. The normalized spacial score (nSPS) is 13.8. The number of rotatable bonds is 0. The number of aromatic nitrogens is 1. The number of carbonyl (C=O) groups excluding carboxylic acids is 1. The summed E-state index contributed by atoms with van der Waals surface area (Å²) < 4.78 is 0. The zero-order chi connectivity index (χ0) is 12.5. The Hall–Kier alpha value is -2.21. The van der Waals surface area contributed by atoms with Gasteiger partial charge in [-0.15, -0.1) is 0 Å². The summed E-state index contributed by atoms with van der Waals surface area (Å²) in [6.07, 6.45) is 4.76. The summed E-state index contributed by atoms with van der Waals surface area (Å²) in [7, 11) is 0. The highest BCUT2D eigenvalue weighted by Gasteiger charge is 2.14. The zero-order valence-electron chi connectivity index (χ0n) is 10.0. The van der Waals surface area contributed by atoms with E-state index in [4.69, 9.17) is 5.73 Å². The van der Waals surface area contributed by atoms with E-state index in [9.17, 15) is 4.79 Å². The lowest BCUT2D eigenvalue weighted by Crippen LogP contribution is -2.06. The van der Waals surface area contributed by atoms with E-state index in [1.807, 2.05) is 18.2 Å². The molecule has 0 atom stereocenters. The second kappa shape index (κ2) is 4.23. The van der Waals surface area contributed by atoms with Gasteiger partial charge in [0.25, 0.3) is 5.91 Å². The fourth-order valence-electron chi connectivity index (χ4n) is 2.62. The Kier molecular flexibility index (Phi) is 2.56. The minimum absolute atomic E-state index is 0.591. The molecule has 0 unspecified atom stereocenters. The minimum Gasteiger partial charge on any atom is -0.359 e. The summed E-state index contributed by atoms with van der Waals surface area (Å²) >= 11 is 0. The molecule has 90 valence electrons. The van der Waals surface area contributed by atoms with E-state index in [-0.39, 0.29) is 0 Å².